The molecule has 0 atom stereocenters. The lowest BCUT2D eigenvalue weighted by molar-refractivity contribution is 0.101. The van der Waals surface area contributed by atoms with Crippen molar-refractivity contribution in [3.05, 3.63) is 41.2 Å². The van der Waals surface area contributed by atoms with Crippen LogP contribution in [0.4, 0.5) is 18.9 Å². The van der Waals surface area contributed by atoms with Gasteiger partial charge in [0.2, 0.25) is 5.82 Å². The Kier molecular flexibility index (Phi) is 3.71. The van der Waals surface area contributed by atoms with Crippen molar-refractivity contribution in [1.82, 2.24) is 15.2 Å². The zero-order valence-corrected chi connectivity index (χ0v) is 11.6. The van der Waals surface area contributed by atoms with Gasteiger partial charge in [-0.3, -0.25) is 9.89 Å². The zero-order chi connectivity index (χ0) is 15.8. The predicted molar refractivity (Wildman–Crippen MR) is 69.4 cm³/mol. The Morgan fingerprint density at radius 2 is 1.90 bits per heavy atom. The summed E-state index contributed by atoms with van der Waals surface area (Å²) in [6, 6.07) is 1.06. The van der Waals surface area contributed by atoms with Gasteiger partial charge in [0.1, 0.15) is 11.6 Å². The molecular formula is C13H13F3N4O. The summed E-state index contributed by atoms with van der Waals surface area (Å²) in [6.45, 7) is 5.57. The van der Waals surface area contributed by atoms with Crippen LogP contribution < -0.4 is 5.32 Å². The number of anilines is 1. The summed E-state index contributed by atoms with van der Waals surface area (Å²) in [5.41, 5.74) is -0.971. The molecule has 0 aliphatic heterocycles. The number of H-pyrrole nitrogens is 1. The molecule has 0 unspecified atom stereocenters. The van der Waals surface area contributed by atoms with E-state index in [1.807, 2.05) is 26.1 Å². The molecule has 5 nitrogen and oxygen atoms in total. The highest BCUT2D eigenvalue weighted by molar-refractivity contribution is 6.01. The van der Waals surface area contributed by atoms with Crippen molar-refractivity contribution in [2.75, 3.05) is 5.32 Å². The van der Waals surface area contributed by atoms with Crippen LogP contribution in [-0.2, 0) is 5.41 Å². The number of hydrogen-bond donors (Lipinski definition) is 2. The summed E-state index contributed by atoms with van der Waals surface area (Å²) in [4.78, 5) is 15.8. The largest absolute Gasteiger partial charge is 0.316 e. The van der Waals surface area contributed by atoms with Gasteiger partial charge in [0, 0.05) is 17.5 Å². The Balaban J connectivity index is 2.25. The zero-order valence-electron chi connectivity index (χ0n) is 11.6. The first-order valence-corrected chi connectivity index (χ1v) is 6.07. The van der Waals surface area contributed by atoms with E-state index in [9.17, 15) is 18.0 Å². The molecule has 112 valence electrons. The Morgan fingerprint density at radius 3 is 2.48 bits per heavy atom. The van der Waals surface area contributed by atoms with Gasteiger partial charge in [0.15, 0.2) is 11.6 Å². The summed E-state index contributed by atoms with van der Waals surface area (Å²) in [5, 5.41) is 8.32. The molecule has 0 radical (unpaired) electrons. The lowest BCUT2D eigenvalue weighted by Gasteiger charge is -2.12. The molecule has 21 heavy (non-hydrogen) atoms. The molecule has 0 spiro atoms. The van der Waals surface area contributed by atoms with Crippen LogP contribution in [0.1, 0.15) is 37.2 Å². The van der Waals surface area contributed by atoms with E-state index in [1.165, 1.54) is 0 Å². The van der Waals surface area contributed by atoms with Crippen molar-refractivity contribution < 1.29 is 18.0 Å². The topological polar surface area (TPSA) is 70.7 Å². The average molecular weight is 298 g/mol. The van der Waals surface area contributed by atoms with Crippen LogP contribution in [0.25, 0.3) is 0 Å². The molecule has 0 aliphatic carbocycles. The van der Waals surface area contributed by atoms with Crippen LogP contribution in [0.3, 0.4) is 0 Å². The van der Waals surface area contributed by atoms with E-state index < -0.39 is 29.0 Å². The number of amides is 1. The molecule has 2 N–H and O–H groups in total. The van der Waals surface area contributed by atoms with Gasteiger partial charge in [-0.15, -0.1) is 5.10 Å². The molecule has 0 saturated carbocycles. The second-order valence-corrected chi connectivity index (χ2v) is 5.46. The van der Waals surface area contributed by atoms with Crippen LogP contribution in [-0.4, -0.2) is 21.1 Å². The smallest absolute Gasteiger partial charge is 0.295 e. The van der Waals surface area contributed by atoms with E-state index in [0.29, 0.717) is 18.0 Å². The van der Waals surface area contributed by atoms with Gasteiger partial charge in [-0.25, -0.2) is 18.2 Å². The molecule has 1 amide bonds. The average Bonchev–Trinajstić information content (AvgIpc) is 2.84. The minimum atomic E-state index is -1.39. The van der Waals surface area contributed by atoms with Crippen molar-refractivity contribution in [2.45, 2.75) is 26.2 Å². The second kappa shape index (κ2) is 5.19. The van der Waals surface area contributed by atoms with E-state index in [2.05, 4.69) is 15.2 Å². The first-order chi connectivity index (χ1) is 9.68. The molecule has 0 aliphatic rings. The maximum atomic E-state index is 13.4. The number of halogens is 3. The van der Waals surface area contributed by atoms with Gasteiger partial charge < -0.3 is 5.32 Å². The van der Waals surface area contributed by atoms with Crippen molar-refractivity contribution in [3.8, 4) is 0 Å². The number of carbonyl (C=O) groups excluding carboxylic acids is 1. The number of hydrogen-bond acceptors (Lipinski definition) is 3. The molecule has 2 rings (SSSR count). The van der Waals surface area contributed by atoms with Crippen LogP contribution in [0, 0.1) is 17.5 Å². The third-order valence-corrected chi connectivity index (χ3v) is 2.64. The molecular weight excluding hydrogens is 285 g/mol. The van der Waals surface area contributed by atoms with Crippen LogP contribution in [0.2, 0.25) is 0 Å². The predicted octanol–water partition coefficient (Wildman–Crippen LogP) is 2.77. The van der Waals surface area contributed by atoms with E-state index in [0.717, 1.165) is 0 Å². The van der Waals surface area contributed by atoms with Crippen LogP contribution in [0.5, 0.6) is 0 Å². The first kappa shape index (κ1) is 15.0. The van der Waals surface area contributed by atoms with Gasteiger partial charge >= 0.3 is 0 Å². The monoisotopic (exact) mass is 298 g/mol. The van der Waals surface area contributed by atoms with E-state index >= 15 is 0 Å². The number of rotatable bonds is 2. The van der Waals surface area contributed by atoms with Gasteiger partial charge in [-0.2, -0.15) is 0 Å². The number of benzene rings is 1. The third-order valence-electron chi connectivity index (χ3n) is 2.64. The SMILES string of the molecule is CC(C)(C)c1nc(C(=O)Nc2cc(F)cc(F)c2F)n[nH]1. The summed E-state index contributed by atoms with van der Waals surface area (Å²) in [6.07, 6.45) is 0. The van der Waals surface area contributed by atoms with E-state index in [1.54, 1.807) is 0 Å². The summed E-state index contributed by atoms with van der Waals surface area (Å²) in [7, 11) is 0. The molecule has 2 aromatic rings. The van der Waals surface area contributed by atoms with Crippen LogP contribution >= 0.6 is 0 Å². The van der Waals surface area contributed by atoms with Crippen molar-refractivity contribution in [2.24, 2.45) is 0 Å². The summed E-state index contributed by atoms with van der Waals surface area (Å²) < 4.78 is 39.5. The van der Waals surface area contributed by atoms with Gasteiger partial charge in [-0.1, -0.05) is 20.8 Å². The van der Waals surface area contributed by atoms with Crippen LogP contribution in [0.15, 0.2) is 12.1 Å². The lowest BCUT2D eigenvalue weighted by Crippen LogP contribution is -2.17. The third kappa shape index (κ3) is 3.21. The highest BCUT2D eigenvalue weighted by Crippen LogP contribution is 2.20. The summed E-state index contributed by atoms with van der Waals surface area (Å²) >= 11 is 0. The Labute approximate surface area is 118 Å². The van der Waals surface area contributed by atoms with E-state index in [4.69, 9.17) is 0 Å². The lowest BCUT2D eigenvalue weighted by atomic mass is 9.96. The molecule has 1 aromatic carbocycles. The minimum Gasteiger partial charge on any atom is -0.316 e. The minimum absolute atomic E-state index is 0.246. The quantitative estimate of drug-likeness (QED) is 0.837. The number of nitrogens with zero attached hydrogens (tertiary/aromatic N) is 2. The standard InChI is InChI=1S/C13H13F3N4O/c1-13(2,3)12-18-10(19-20-12)11(21)17-8-5-6(14)4-7(15)9(8)16/h4-5H,1-3H3,(H,17,21)(H,18,19,20). The molecule has 1 aromatic heterocycles. The number of nitrogens with one attached hydrogen (secondary N) is 2. The van der Waals surface area contributed by atoms with Gasteiger partial charge in [0.25, 0.3) is 5.91 Å². The summed E-state index contributed by atoms with van der Waals surface area (Å²) in [5.74, 6) is -4.41. The number of aromatic amines is 1. The second-order valence-electron chi connectivity index (χ2n) is 5.46. The molecule has 8 heteroatoms. The Hall–Kier alpha value is -2.38. The van der Waals surface area contributed by atoms with Crippen molar-refractivity contribution in [3.63, 3.8) is 0 Å². The van der Waals surface area contributed by atoms with E-state index in [-0.39, 0.29) is 11.2 Å². The maximum absolute atomic E-state index is 13.4. The Bertz CT molecular complexity index is 691. The van der Waals surface area contributed by atoms with Gasteiger partial charge in [0.05, 0.1) is 5.69 Å². The fourth-order valence-corrected chi connectivity index (χ4v) is 1.52. The number of aromatic nitrogens is 3. The van der Waals surface area contributed by atoms with Crippen molar-refractivity contribution >= 4 is 11.6 Å². The highest BCUT2D eigenvalue weighted by atomic mass is 19.2. The number of carbonyl (C=O) groups is 1. The van der Waals surface area contributed by atoms with Crippen molar-refractivity contribution in [1.29, 1.82) is 0 Å². The molecule has 0 saturated heterocycles. The fourth-order valence-electron chi connectivity index (χ4n) is 1.52. The van der Waals surface area contributed by atoms with Gasteiger partial charge in [-0.05, 0) is 0 Å². The highest BCUT2D eigenvalue weighted by Gasteiger charge is 2.22. The normalized spacial score (nSPS) is 11.5. The fraction of sp³-hybridized carbons (Fsp3) is 0.308. The maximum Gasteiger partial charge on any atom is 0.295 e. The molecule has 0 fully saturated rings. The molecule has 0 bridgehead atoms. The first-order valence-electron chi connectivity index (χ1n) is 6.07. The Morgan fingerprint density at radius 1 is 1.24 bits per heavy atom. The molecule has 1 heterocycles.